The molecule has 3 atom stereocenters. The van der Waals surface area contributed by atoms with Crippen molar-refractivity contribution in [1.29, 1.82) is 0 Å². The Morgan fingerprint density at radius 1 is 1.31 bits per heavy atom. The summed E-state index contributed by atoms with van der Waals surface area (Å²) in [5, 5.41) is 0. The molecule has 2 N–H and O–H groups in total. The summed E-state index contributed by atoms with van der Waals surface area (Å²) >= 11 is 0. The fourth-order valence-corrected chi connectivity index (χ4v) is 2.80. The molecule has 2 nitrogen and oxygen atoms in total. The molecule has 0 aromatic rings. The molecule has 3 unspecified atom stereocenters. The van der Waals surface area contributed by atoms with Gasteiger partial charge in [0.15, 0.2) is 0 Å². The minimum absolute atomic E-state index is 0.262. The van der Waals surface area contributed by atoms with Gasteiger partial charge >= 0.3 is 0 Å². The molecule has 1 rings (SSSR count). The van der Waals surface area contributed by atoms with Gasteiger partial charge in [0.1, 0.15) is 0 Å². The highest BCUT2D eigenvalue weighted by molar-refractivity contribution is 4.97. The van der Waals surface area contributed by atoms with Crippen LogP contribution in [-0.4, -0.2) is 31.1 Å². The van der Waals surface area contributed by atoms with Gasteiger partial charge in [-0.25, -0.2) is 0 Å². The van der Waals surface area contributed by atoms with Crippen LogP contribution in [0.2, 0.25) is 0 Å². The van der Waals surface area contributed by atoms with E-state index in [0.29, 0.717) is 0 Å². The number of nitrogens with zero attached hydrogens (tertiary/aromatic N) is 1. The van der Waals surface area contributed by atoms with Gasteiger partial charge in [0.25, 0.3) is 0 Å². The van der Waals surface area contributed by atoms with E-state index in [4.69, 9.17) is 5.73 Å². The van der Waals surface area contributed by atoms with E-state index in [9.17, 15) is 0 Å². The summed E-state index contributed by atoms with van der Waals surface area (Å²) in [6.45, 7) is 5.49. The van der Waals surface area contributed by atoms with Crippen LogP contribution in [0.4, 0.5) is 0 Å². The Kier molecular flexibility index (Phi) is 3.36. The smallest absolute Gasteiger partial charge is 0.0353 e. The SMILES string of the molecule is CC1CCC(C)C(CN)(N(C)C)C1. The van der Waals surface area contributed by atoms with Gasteiger partial charge in [0.2, 0.25) is 0 Å². The molecule has 0 amide bonds. The fourth-order valence-electron chi connectivity index (χ4n) is 2.80. The maximum atomic E-state index is 5.95. The molecule has 78 valence electrons. The summed E-state index contributed by atoms with van der Waals surface area (Å²) in [6, 6.07) is 0. The number of hydrogen-bond acceptors (Lipinski definition) is 2. The fraction of sp³-hybridized carbons (Fsp3) is 1.00. The Labute approximate surface area is 82.5 Å². The Hall–Kier alpha value is -0.0800. The Morgan fingerprint density at radius 2 is 1.92 bits per heavy atom. The average Bonchev–Trinajstić information content (AvgIpc) is 2.09. The molecular weight excluding hydrogens is 160 g/mol. The molecule has 0 bridgehead atoms. The van der Waals surface area contributed by atoms with E-state index < -0.39 is 0 Å². The molecule has 1 aliphatic carbocycles. The Morgan fingerprint density at radius 3 is 2.31 bits per heavy atom. The summed E-state index contributed by atoms with van der Waals surface area (Å²) < 4.78 is 0. The first-order chi connectivity index (χ1) is 6.03. The van der Waals surface area contributed by atoms with Gasteiger partial charge in [0.05, 0.1) is 0 Å². The van der Waals surface area contributed by atoms with Crippen LogP contribution < -0.4 is 5.73 Å². The van der Waals surface area contributed by atoms with Crippen molar-refractivity contribution >= 4 is 0 Å². The van der Waals surface area contributed by atoms with Crippen molar-refractivity contribution in [3.8, 4) is 0 Å². The first kappa shape index (κ1) is 11.0. The predicted molar refractivity (Wildman–Crippen MR) is 57.7 cm³/mol. The van der Waals surface area contributed by atoms with E-state index in [-0.39, 0.29) is 5.54 Å². The van der Waals surface area contributed by atoms with Crippen molar-refractivity contribution in [2.24, 2.45) is 17.6 Å². The number of nitrogens with two attached hydrogens (primary N) is 1. The van der Waals surface area contributed by atoms with E-state index in [2.05, 4.69) is 32.8 Å². The number of hydrogen-bond donors (Lipinski definition) is 1. The van der Waals surface area contributed by atoms with Crippen molar-refractivity contribution in [1.82, 2.24) is 4.90 Å². The lowest BCUT2D eigenvalue weighted by molar-refractivity contribution is 0.0325. The lowest BCUT2D eigenvalue weighted by Gasteiger charge is -2.49. The normalized spacial score (nSPS) is 41.1. The van der Waals surface area contributed by atoms with Crippen LogP contribution in [-0.2, 0) is 0 Å². The van der Waals surface area contributed by atoms with Gasteiger partial charge in [-0.1, -0.05) is 20.3 Å². The highest BCUT2D eigenvalue weighted by atomic mass is 15.2. The lowest BCUT2D eigenvalue weighted by atomic mass is 9.69. The zero-order valence-corrected chi connectivity index (χ0v) is 9.51. The molecule has 1 fully saturated rings. The molecule has 0 aromatic carbocycles. The first-order valence-corrected chi connectivity index (χ1v) is 5.40. The second-order valence-electron chi connectivity index (χ2n) is 4.99. The highest BCUT2D eigenvalue weighted by Crippen LogP contribution is 2.39. The van der Waals surface area contributed by atoms with Crippen molar-refractivity contribution in [2.45, 2.75) is 38.6 Å². The zero-order chi connectivity index (χ0) is 10.1. The van der Waals surface area contributed by atoms with Crippen LogP contribution >= 0.6 is 0 Å². The second kappa shape index (κ2) is 3.97. The van der Waals surface area contributed by atoms with E-state index in [1.165, 1.54) is 19.3 Å². The van der Waals surface area contributed by atoms with Crippen molar-refractivity contribution in [2.75, 3.05) is 20.6 Å². The van der Waals surface area contributed by atoms with Crippen LogP contribution in [0.25, 0.3) is 0 Å². The molecule has 1 saturated carbocycles. The molecule has 2 heteroatoms. The van der Waals surface area contributed by atoms with E-state index in [0.717, 1.165) is 18.4 Å². The summed E-state index contributed by atoms with van der Waals surface area (Å²) in [5.74, 6) is 1.57. The van der Waals surface area contributed by atoms with Crippen LogP contribution in [0.3, 0.4) is 0 Å². The summed E-state index contributed by atoms with van der Waals surface area (Å²) in [6.07, 6.45) is 3.96. The predicted octanol–water partition coefficient (Wildman–Crippen LogP) is 1.70. The maximum absolute atomic E-state index is 5.95. The van der Waals surface area contributed by atoms with E-state index >= 15 is 0 Å². The summed E-state index contributed by atoms with van der Waals surface area (Å²) in [4.78, 5) is 2.34. The lowest BCUT2D eigenvalue weighted by Crippen LogP contribution is -2.57. The third kappa shape index (κ3) is 1.89. The zero-order valence-electron chi connectivity index (χ0n) is 9.51. The van der Waals surface area contributed by atoms with Gasteiger partial charge in [-0.15, -0.1) is 0 Å². The molecule has 0 spiro atoms. The maximum Gasteiger partial charge on any atom is 0.0353 e. The van der Waals surface area contributed by atoms with Crippen LogP contribution in [0.5, 0.6) is 0 Å². The third-order valence-electron chi connectivity index (χ3n) is 3.96. The van der Waals surface area contributed by atoms with E-state index in [1.807, 2.05) is 0 Å². The van der Waals surface area contributed by atoms with Gasteiger partial charge in [-0.05, 0) is 38.8 Å². The average molecular weight is 184 g/mol. The molecule has 0 radical (unpaired) electrons. The topological polar surface area (TPSA) is 29.3 Å². The summed E-state index contributed by atoms with van der Waals surface area (Å²) in [7, 11) is 4.34. The first-order valence-electron chi connectivity index (χ1n) is 5.40. The van der Waals surface area contributed by atoms with E-state index in [1.54, 1.807) is 0 Å². The highest BCUT2D eigenvalue weighted by Gasteiger charge is 2.41. The monoisotopic (exact) mass is 184 g/mol. The third-order valence-corrected chi connectivity index (χ3v) is 3.96. The van der Waals surface area contributed by atoms with Gasteiger partial charge < -0.3 is 10.6 Å². The van der Waals surface area contributed by atoms with Crippen LogP contribution in [0.15, 0.2) is 0 Å². The van der Waals surface area contributed by atoms with Gasteiger partial charge in [-0.3, -0.25) is 0 Å². The Balaban J connectivity index is 2.80. The molecule has 1 aliphatic rings. The molecule has 0 saturated heterocycles. The van der Waals surface area contributed by atoms with Crippen LogP contribution in [0.1, 0.15) is 33.1 Å². The molecule has 0 aromatic heterocycles. The van der Waals surface area contributed by atoms with Crippen molar-refractivity contribution in [3.05, 3.63) is 0 Å². The second-order valence-corrected chi connectivity index (χ2v) is 4.99. The minimum atomic E-state index is 0.262. The van der Waals surface area contributed by atoms with Gasteiger partial charge in [0, 0.05) is 12.1 Å². The standard InChI is InChI=1S/C11H24N2/c1-9-5-6-10(2)11(7-9,8-12)13(3)4/h9-10H,5-8,12H2,1-4H3. The van der Waals surface area contributed by atoms with Crippen LogP contribution in [0, 0.1) is 11.8 Å². The number of likely N-dealkylation sites (N-methyl/N-ethyl adjacent to an activating group) is 1. The largest absolute Gasteiger partial charge is 0.329 e. The molecule has 13 heavy (non-hydrogen) atoms. The Bertz CT molecular complexity index is 167. The van der Waals surface area contributed by atoms with Gasteiger partial charge in [-0.2, -0.15) is 0 Å². The molecule has 0 heterocycles. The quantitative estimate of drug-likeness (QED) is 0.708. The molecule has 0 aliphatic heterocycles. The van der Waals surface area contributed by atoms with Crippen molar-refractivity contribution < 1.29 is 0 Å². The number of rotatable bonds is 2. The van der Waals surface area contributed by atoms with Crippen molar-refractivity contribution in [3.63, 3.8) is 0 Å². The molecular formula is C11H24N2. The summed E-state index contributed by atoms with van der Waals surface area (Å²) in [5.41, 5.74) is 6.21. The minimum Gasteiger partial charge on any atom is -0.329 e.